The Labute approximate surface area is 72.6 Å². The van der Waals surface area contributed by atoms with Gasteiger partial charge in [-0.05, 0) is 25.2 Å². The Morgan fingerprint density at radius 2 is 2.36 bits per heavy atom. The molecule has 1 aliphatic carbocycles. The number of hydrogen-bond donors (Lipinski definition) is 1. The van der Waals surface area contributed by atoms with E-state index in [1.54, 1.807) is 0 Å². The van der Waals surface area contributed by atoms with Crippen molar-refractivity contribution in [2.75, 3.05) is 13.2 Å². The normalized spacial score (nSPS) is 41.7. The van der Waals surface area contributed by atoms with E-state index < -0.39 is 0 Å². The first-order chi connectivity index (χ1) is 4.85. The first-order valence-electron chi connectivity index (χ1n) is 3.85. The van der Waals surface area contributed by atoms with Crippen molar-refractivity contribution in [3.8, 4) is 0 Å². The van der Waals surface area contributed by atoms with E-state index in [2.05, 4.69) is 0 Å². The summed E-state index contributed by atoms with van der Waals surface area (Å²) in [5.74, 6) is 0.706. The lowest BCUT2D eigenvalue weighted by Crippen LogP contribution is -2.41. The Balaban J connectivity index is 0.000000605. The average molecular weight is 180 g/mol. The summed E-state index contributed by atoms with van der Waals surface area (Å²) in [5, 5.41) is 0. The van der Waals surface area contributed by atoms with E-state index >= 15 is 0 Å². The second-order valence-electron chi connectivity index (χ2n) is 3.36. The topological polar surface area (TPSA) is 44.5 Å². The Morgan fingerprint density at radius 3 is 3.00 bits per heavy atom. The van der Waals surface area contributed by atoms with Crippen molar-refractivity contribution in [3.05, 3.63) is 0 Å². The van der Waals surface area contributed by atoms with Crippen LogP contribution in [-0.4, -0.2) is 18.8 Å². The van der Waals surface area contributed by atoms with Crippen LogP contribution in [0.3, 0.4) is 0 Å². The molecule has 1 saturated heterocycles. The third-order valence-corrected chi connectivity index (χ3v) is 2.58. The van der Waals surface area contributed by atoms with Gasteiger partial charge in [0.15, 0.2) is 0 Å². The van der Waals surface area contributed by atoms with E-state index in [1.807, 2.05) is 0 Å². The Kier molecular flexibility index (Phi) is 2.75. The molecule has 0 amide bonds. The maximum Gasteiger partial charge on any atom is 0.116 e. The fourth-order valence-corrected chi connectivity index (χ4v) is 1.89. The number of fused-ring (bicyclic) bond motifs is 2. The summed E-state index contributed by atoms with van der Waals surface area (Å²) < 4.78 is 0. The summed E-state index contributed by atoms with van der Waals surface area (Å²) in [6, 6.07) is 0. The quantitative estimate of drug-likeness (QED) is 0.608. The van der Waals surface area contributed by atoms with Gasteiger partial charge >= 0.3 is 0 Å². The van der Waals surface area contributed by atoms with Crippen LogP contribution in [0.5, 0.6) is 0 Å². The highest BCUT2D eigenvalue weighted by atomic mass is 35.5. The SMILES string of the molecule is Cl.NCC12CCC(COO1)C2. The van der Waals surface area contributed by atoms with Crippen molar-refractivity contribution >= 4 is 12.4 Å². The molecule has 2 aliphatic rings. The van der Waals surface area contributed by atoms with Gasteiger partial charge in [0, 0.05) is 6.54 Å². The lowest BCUT2D eigenvalue weighted by atomic mass is 10.0. The maximum absolute atomic E-state index is 5.57. The predicted octanol–water partition coefficient (Wildman–Crippen LogP) is 0.868. The largest absolute Gasteiger partial charge is 0.328 e. The second-order valence-corrected chi connectivity index (χ2v) is 3.36. The van der Waals surface area contributed by atoms with Crippen LogP contribution in [0.1, 0.15) is 19.3 Å². The van der Waals surface area contributed by atoms with Gasteiger partial charge in [-0.2, -0.15) is 0 Å². The minimum absolute atomic E-state index is 0. The fourth-order valence-electron chi connectivity index (χ4n) is 1.89. The highest BCUT2D eigenvalue weighted by Gasteiger charge is 2.43. The van der Waals surface area contributed by atoms with Crippen LogP contribution in [0.15, 0.2) is 0 Å². The van der Waals surface area contributed by atoms with Crippen molar-refractivity contribution in [1.29, 1.82) is 0 Å². The van der Waals surface area contributed by atoms with Gasteiger partial charge in [0.2, 0.25) is 0 Å². The molecule has 0 aromatic rings. The molecule has 1 heterocycles. The van der Waals surface area contributed by atoms with E-state index in [0.717, 1.165) is 19.4 Å². The summed E-state index contributed by atoms with van der Waals surface area (Å²) in [7, 11) is 0. The molecule has 11 heavy (non-hydrogen) atoms. The van der Waals surface area contributed by atoms with Gasteiger partial charge in [-0.25, -0.2) is 9.78 Å². The van der Waals surface area contributed by atoms with E-state index in [-0.39, 0.29) is 18.0 Å². The molecular formula is C7H14ClNO2. The zero-order valence-electron chi connectivity index (χ0n) is 6.41. The minimum Gasteiger partial charge on any atom is -0.328 e. The second kappa shape index (κ2) is 3.27. The summed E-state index contributed by atoms with van der Waals surface area (Å²) >= 11 is 0. The van der Waals surface area contributed by atoms with E-state index in [9.17, 15) is 0 Å². The highest BCUT2D eigenvalue weighted by molar-refractivity contribution is 5.85. The van der Waals surface area contributed by atoms with Crippen LogP contribution < -0.4 is 5.73 Å². The van der Waals surface area contributed by atoms with Gasteiger partial charge in [0.05, 0.1) is 6.61 Å². The zero-order chi connectivity index (χ0) is 7.03. The molecule has 2 rings (SSSR count). The van der Waals surface area contributed by atoms with Crippen LogP contribution in [0.4, 0.5) is 0 Å². The van der Waals surface area contributed by atoms with Crippen LogP contribution in [0, 0.1) is 5.92 Å². The molecule has 1 aliphatic heterocycles. The number of nitrogens with two attached hydrogens (primary N) is 1. The van der Waals surface area contributed by atoms with Crippen molar-refractivity contribution in [2.45, 2.75) is 24.9 Å². The molecule has 2 unspecified atom stereocenters. The molecule has 2 fully saturated rings. The molecule has 2 bridgehead atoms. The zero-order valence-corrected chi connectivity index (χ0v) is 7.23. The molecule has 2 N–H and O–H groups in total. The van der Waals surface area contributed by atoms with Crippen molar-refractivity contribution in [3.63, 3.8) is 0 Å². The molecule has 3 nitrogen and oxygen atoms in total. The summed E-state index contributed by atoms with van der Waals surface area (Å²) in [6.45, 7) is 1.37. The van der Waals surface area contributed by atoms with E-state index in [0.29, 0.717) is 12.5 Å². The lowest BCUT2D eigenvalue weighted by Gasteiger charge is -2.29. The van der Waals surface area contributed by atoms with Gasteiger partial charge < -0.3 is 5.73 Å². The molecule has 0 radical (unpaired) electrons. The monoisotopic (exact) mass is 179 g/mol. The van der Waals surface area contributed by atoms with Gasteiger partial charge in [0.1, 0.15) is 5.60 Å². The first-order valence-corrected chi connectivity index (χ1v) is 3.85. The molecule has 0 aromatic carbocycles. The van der Waals surface area contributed by atoms with Crippen molar-refractivity contribution in [1.82, 2.24) is 0 Å². The molecular weight excluding hydrogens is 166 g/mol. The third kappa shape index (κ3) is 1.51. The third-order valence-electron chi connectivity index (χ3n) is 2.58. The first kappa shape index (κ1) is 9.26. The summed E-state index contributed by atoms with van der Waals surface area (Å²) in [6.07, 6.45) is 3.40. The van der Waals surface area contributed by atoms with E-state index in [1.165, 1.54) is 6.42 Å². The number of rotatable bonds is 1. The molecule has 1 saturated carbocycles. The summed E-state index contributed by atoms with van der Waals surface area (Å²) in [4.78, 5) is 10.2. The van der Waals surface area contributed by atoms with E-state index in [4.69, 9.17) is 15.5 Å². The van der Waals surface area contributed by atoms with Crippen molar-refractivity contribution < 1.29 is 9.78 Å². The Hall–Kier alpha value is 0.170. The average Bonchev–Trinajstić information content (AvgIpc) is 2.29. The highest BCUT2D eigenvalue weighted by Crippen LogP contribution is 2.40. The number of hydrogen-bond acceptors (Lipinski definition) is 3. The minimum atomic E-state index is -0.108. The Morgan fingerprint density at radius 1 is 1.55 bits per heavy atom. The van der Waals surface area contributed by atoms with Crippen LogP contribution in [0.2, 0.25) is 0 Å². The smallest absolute Gasteiger partial charge is 0.116 e. The lowest BCUT2D eigenvalue weighted by molar-refractivity contribution is -0.377. The van der Waals surface area contributed by atoms with Gasteiger partial charge in [-0.3, -0.25) is 0 Å². The predicted molar refractivity (Wildman–Crippen MR) is 43.4 cm³/mol. The fraction of sp³-hybridized carbons (Fsp3) is 1.00. The molecule has 66 valence electrons. The van der Waals surface area contributed by atoms with Gasteiger partial charge in [0.25, 0.3) is 0 Å². The van der Waals surface area contributed by atoms with Crippen LogP contribution in [-0.2, 0) is 9.78 Å². The molecule has 0 spiro atoms. The number of halogens is 1. The standard InChI is InChI=1S/C7H13NO2.ClH/c8-5-7-2-1-6(3-7)4-9-10-7;/h6H,1-5,8H2;1H. The van der Waals surface area contributed by atoms with Crippen LogP contribution in [0.25, 0.3) is 0 Å². The molecule has 4 heteroatoms. The summed E-state index contributed by atoms with van der Waals surface area (Å²) in [5.41, 5.74) is 5.46. The van der Waals surface area contributed by atoms with Gasteiger partial charge in [-0.1, -0.05) is 0 Å². The van der Waals surface area contributed by atoms with Gasteiger partial charge in [-0.15, -0.1) is 12.4 Å². The Bertz CT molecular complexity index is 140. The molecule has 2 atom stereocenters. The maximum atomic E-state index is 5.57. The van der Waals surface area contributed by atoms with Crippen LogP contribution >= 0.6 is 12.4 Å². The molecule has 0 aromatic heterocycles. The van der Waals surface area contributed by atoms with Crippen molar-refractivity contribution in [2.24, 2.45) is 11.7 Å².